The molecule has 0 aliphatic heterocycles. The van der Waals surface area contributed by atoms with Crippen molar-refractivity contribution in [3.8, 4) is 5.75 Å². The molecule has 0 radical (unpaired) electrons. The number of amides is 4. The first-order valence-corrected chi connectivity index (χ1v) is 13.8. The molecular weight excluding hydrogens is 621 g/mol. The molecule has 0 aliphatic carbocycles. The number of urea groups is 1. The molecule has 234 valence electrons. The number of rotatable bonds is 15. The van der Waals surface area contributed by atoms with Crippen LogP contribution >= 0.6 is 36.2 Å². The van der Waals surface area contributed by atoms with E-state index in [2.05, 4.69) is 31.2 Å². The molecule has 43 heavy (non-hydrogen) atoms. The molecule has 0 fully saturated rings. The number of halogens is 2. The molecule has 0 saturated heterocycles. The fourth-order valence-corrected chi connectivity index (χ4v) is 4.21. The smallest absolute Gasteiger partial charge is 0.321 e. The molecule has 3 rings (SSSR count). The van der Waals surface area contributed by atoms with Crippen molar-refractivity contribution in [1.29, 1.82) is 0 Å². The summed E-state index contributed by atoms with van der Waals surface area (Å²) in [5, 5.41) is 12.2. The van der Waals surface area contributed by atoms with Crippen LogP contribution in [-0.4, -0.2) is 60.1 Å². The molecule has 13 nitrogen and oxygen atoms in total. The highest BCUT2D eigenvalue weighted by molar-refractivity contribution is 7.14. The molecule has 1 aromatic carbocycles. The number of anilines is 1. The Balaban J connectivity index is 0.00000462. The molecule has 0 bridgehead atoms. The van der Waals surface area contributed by atoms with Gasteiger partial charge in [-0.15, -0.1) is 36.2 Å². The molecule has 4 amide bonds. The number of nitrogens with zero attached hydrogens (tertiary/aromatic N) is 2. The quantitative estimate of drug-likeness (QED) is 0.121. The number of benzene rings is 1. The van der Waals surface area contributed by atoms with Crippen molar-refractivity contribution in [1.82, 2.24) is 25.9 Å². The van der Waals surface area contributed by atoms with Gasteiger partial charge in [-0.3, -0.25) is 24.7 Å². The highest BCUT2D eigenvalue weighted by Gasteiger charge is 2.20. The maximum absolute atomic E-state index is 12.5. The van der Waals surface area contributed by atoms with Gasteiger partial charge in [-0.1, -0.05) is 24.3 Å². The van der Waals surface area contributed by atoms with Crippen LogP contribution in [0.25, 0.3) is 0 Å². The molecule has 1 atom stereocenters. The van der Waals surface area contributed by atoms with Crippen LogP contribution in [0.5, 0.6) is 5.75 Å². The third kappa shape index (κ3) is 12.8. The summed E-state index contributed by atoms with van der Waals surface area (Å²) in [7, 11) is 0. The van der Waals surface area contributed by atoms with E-state index in [4.69, 9.17) is 15.2 Å². The molecule has 0 saturated carbocycles. The van der Waals surface area contributed by atoms with E-state index in [9.17, 15) is 19.2 Å². The standard InChI is InChI=1S/C27H33N7O6S.2ClH/c1-2-39-24(36)13-20(18-8-5-11-29-14-18)32-23(35)16-30-25(37)21-17-41-27(33-21)34-26(38)31-15-19-7-3-4-9-22(19)40-12-6-10-28;;/h3-5,7-9,11,14,17,20H,2,6,10,12-13,15-16,28H2,1H3,(H,30,37)(H,32,35)(H2,31,33,34,38);2*1H/t20-;;/m1../s1. The fourth-order valence-electron chi connectivity index (χ4n) is 3.53. The third-order valence-electron chi connectivity index (χ3n) is 5.48. The summed E-state index contributed by atoms with van der Waals surface area (Å²) in [5.41, 5.74) is 6.96. The Kier molecular flexibility index (Phi) is 17.2. The van der Waals surface area contributed by atoms with Gasteiger partial charge in [-0.2, -0.15) is 0 Å². The van der Waals surface area contributed by atoms with Crippen LogP contribution in [0, 0.1) is 0 Å². The summed E-state index contributed by atoms with van der Waals surface area (Å²) in [5.74, 6) is -0.933. The Bertz CT molecular complexity index is 1320. The largest absolute Gasteiger partial charge is 0.493 e. The second kappa shape index (κ2) is 20.0. The maximum Gasteiger partial charge on any atom is 0.321 e. The van der Waals surface area contributed by atoms with Gasteiger partial charge in [0.05, 0.1) is 32.2 Å². The fraction of sp³-hybridized carbons (Fsp3) is 0.333. The van der Waals surface area contributed by atoms with E-state index in [-0.39, 0.29) is 61.8 Å². The molecule has 2 heterocycles. The van der Waals surface area contributed by atoms with Crippen LogP contribution in [-0.2, 0) is 20.9 Å². The predicted octanol–water partition coefficient (Wildman–Crippen LogP) is 2.97. The van der Waals surface area contributed by atoms with Gasteiger partial charge in [0, 0.05) is 29.9 Å². The van der Waals surface area contributed by atoms with Gasteiger partial charge < -0.3 is 31.2 Å². The summed E-state index contributed by atoms with van der Waals surface area (Å²) in [6, 6.07) is 9.58. The first-order valence-electron chi connectivity index (χ1n) is 12.9. The van der Waals surface area contributed by atoms with Gasteiger partial charge in [0.15, 0.2) is 5.13 Å². The first-order chi connectivity index (χ1) is 19.9. The lowest BCUT2D eigenvalue weighted by molar-refractivity contribution is -0.143. The van der Waals surface area contributed by atoms with Crippen molar-refractivity contribution >= 4 is 65.1 Å². The van der Waals surface area contributed by atoms with E-state index in [1.807, 2.05) is 24.3 Å². The van der Waals surface area contributed by atoms with Crippen molar-refractivity contribution in [2.24, 2.45) is 5.73 Å². The molecule has 0 aliphatic rings. The summed E-state index contributed by atoms with van der Waals surface area (Å²) in [6.07, 6.45) is 3.75. The second-order valence-electron chi connectivity index (χ2n) is 8.54. The van der Waals surface area contributed by atoms with Crippen LogP contribution in [0.15, 0.2) is 54.2 Å². The van der Waals surface area contributed by atoms with E-state index < -0.39 is 29.9 Å². The highest BCUT2D eigenvalue weighted by atomic mass is 35.5. The molecule has 16 heteroatoms. The topological polar surface area (TPSA) is 187 Å². The van der Waals surface area contributed by atoms with Crippen LogP contribution in [0.3, 0.4) is 0 Å². The molecular formula is C27H35Cl2N7O6S. The van der Waals surface area contributed by atoms with Crippen molar-refractivity contribution in [2.75, 3.05) is 31.6 Å². The van der Waals surface area contributed by atoms with Crippen molar-refractivity contribution < 1.29 is 28.7 Å². The lowest BCUT2D eigenvalue weighted by atomic mass is 10.1. The van der Waals surface area contributed by atoms with E-state index in [1.54, 1.807) is 31.5 Å². The highest BCUT2D eigenvalue weighted by Crippen LogP contribution is 2.19. The second-order valence-corrected chi connectivity index (χ2v) is 9.40. The van der Waals surface area contributed by atoms with Gasteiger partial charge in [0.2, 0.25) is 5.91 Å². The zero-order valence-electron chi connectivity index (χ0n) is 23.4. The number of esters is 1. The van der Waals surface area contributed by atoms with Gasteiger partial charge in [0.1, 0.15) is 11.4 Å². The third-order valence-corrected chi connectivity index (χ3v) is 6.24. The molecule has 3 aromatic rings. The lowest BCUT2D eigenvalue weighted by Crippen LogP contribution is -2.39. The zero-order valence-corrected chi connectivity index (χ0v) is 25.8. The van der Waals surface area contributed by atoms with E-state index >= 15 is 0 Å². The monoisotopic (exact) mass is 655 g/mol. The number of carbonyl (C=O) groups excluding carboxylic acids is 4. The SMILES string of the molecule is CCOC(=O)C[C@@H](NC(=O)CNC(=O)c1csc(NC(=O)NCc2ccccc2OCCCN)n1)c1cccnc1.Cl.Cl. The maximum atomic E-state index is 12.5. The van der Waals surface area contributed by atoms with Crippen LogP contribution in [0.2, 0.25) is 0 Å². The number of thiazole rings is 1. The van der Waals surface area contributed by atoms with Crippen LogP contribution < -0.4 is 31.7 Å². The van der Waals surface area contributed by atoms with E-state index in [0.717, 1.165) is 16.9 Å². The molecule has 0 unspecified atom stereocenters. The number of nitrogens with two attached hydrogens (primary N) is 1. The number of pyridine rings is 1. The number of nitrogens with one attached hydrogen (secondary N) is 4. The minimum Gasteiger partial charge on any atom is -0.493 e. The Morgan fingerprint density at radius 3 is 2.58 bits per heavy atom. The minimum atomic E-state index is -0.676. The van der Waals surface area contributed by atoms with Gasteiger partial charge in [-0.25, -0.2) is 9.78 Å². The number of carbonyl (C=O) groups is 4. The average molecular weight is 657 g/mol. The Labute approximate surface area is 265 Å². The zero-order chi connectivity index (χ0) is 29.5. The van der Waals surface area contributed by atoms with Crippen molar-refractivity contribution in [3.63, 3.8) is 0 Å². The molecule has 2 aromatic heterocycles. The van der Waals surface area contributed by atoms with Crippen molar-refractivity contribution in [3.05, 3.63) is 71.0 Å². The predicted molar refractivity (Wildman–Crippen MR) is 167 cm³/mol. The van der Waals surface area contributed by atoms with Gasteiger partial charge >= 0.3 is 12.0 Å². The molecule has 6 N–H and O–H groups in total. The number of hydrogen-bond donors (Lipinski definition) is 5. The van der Waals surface area contributed by atoms with Crippen molar-refractivity contribution in [2.45, 2.75) is 32.4 Å². The van der Waals surface area contributed by atoms with Crippen LogP contribution in [0.4, 0.5) is 9.93 Å². The molecule has 0 spiro atoms. The summed E-state index contributed by atoms with van der Waals surface area (Å²) >= 11 is 1.06. The number of hydrogen-bond acceptors (Lipinski definition) is 10. The number of para-hydroxylation sites is 1. The Morgan fingerprint density at radius 2 is 1.86 bits per heavy atom. The summed E-state index contributed by atoms with van der Waals surface area (Å²) in [4.78, 5) is 57.6. The number of aromatic nitrogens is 2. The summed E-state index contributed by atoms with van der Waals surface area (Å²) in [6.45, 7) is 2.77. The Hall–Kier alpha value is -3.98. The van der Waals surface area contributed by atoms with E-state index in [1.165, 1.54) is 5.38 Å². The summed E-state index contributed by atoms with van der Waals surface area (Å²) < 4.78 is 10.7. The number of ether oxygens (including phenoxy) is 2. The average Bonchev–Trinajstić information content (AvgIpc) is 3.44. The van der Waals surface area contributed by atoms with Gasteiger partial charge in [0.25, 0.3) is 5.91 Å². The van der Waals surface area contributed by atoms with Gasteiger partial charge in [-0.05, 0) is 37.6 Å². The normalized spacial score (nSPS) is 10.7. The lowest BCUT2D eigenvalue weighted by Gasteiger charge is -2.18. The Morgan fingerprint density at radius 1 is 1.07 bits per heavy atom. The van der Waals surface area contributed by atoms with E-state index in [0.29, 0.717) is 30.9 Å². The first kappa shape index (κ1) is 37.0. The van der Waals surface area contributed by atoms with Crippen LogP contribution in [0.1, 0.15) is 47.4 Å². The minimum absolute atomic E-state index is 0.